The SMILES string of the molecule is CNC(c1cc(OC)cs1)c1c(C)ccc2ccccc12. The van der Waals surface area contributed by atoms with Crippen LogP contribution in [0.5, 0.6) is 5.75 Å². The van der Waals surface area contributed by atoms with Crippen LogP contribution in [0, 0.1) is 6.92 Å². The Morgan fingerprint density at radius 2 is 1.95 bits per heavy atom. The molecule has 0 amide bonds. The van der Waals surface area contributed by atoms with Gasteiger partial charge in [0.25, 0.3) is 0 Å². The average Bonchev–Trinajstić information content (AvgIpc) is 2.99. The molecule has 0 saturated heterocycles. The highest BCUT2D eigenvalue weighted by Gasteiger charge is 2.19. The molecule has 2 aromatic carbocycles. The van der Waals surface area contributed by atoms with Crippen molar-refractivity contribution in [3.8, 4) is 5.75 Å². The van der Waals surface area contributed by atoms with Crippen LogP contribution >= 0.6 is 11.3 Å². The Kier molecular flexibility index (Phi) is 3.95. The third-order valence-electron chi connectivity index (χ3n) is 3.88. The van der Waals surface area contributed by atoms with Gasteiger partial charge in [-0.25, -0.2) is 0 Å². The molecule has 0 aliphatic carbocycles. The van der Waals surface area contributed by atoms with Crippen molar-refractivity contribution >= 4 is 22.1 Å². The minimum absolute atomic E-state index is 0.185. The largest absolute Gasteiger partial charge is 0.496 e. The lowest BCUT2D eigenvalue weighted by molar-refractivity contribution is 0.416. The molecule has 2 nitrogen and oxygen atoms in total. The van der Waals surface area contributed by atoms with E-state index in [-0.39, 0.29) is 6.04 Å². The Balaban J connectivity index is 2.18. The summed E-state index contributed by atoms with van der Waals surface area (Å²) in [4.78, 5) is 1.27. The number of rotatable bonds is 4. The topological polar surface area (TPSA) is 21.3 Å². The molecule has 0 bridgehead atoms. The standard InChI is InChI=1S/C18H19NOS/c1-12-8-9-13-6-4-5-7-15(13)17(12)18(19-2)16-10-14(20-3)11-21-16/h4-11,18-19H,1-3H3. The van der Waals surface area contributed by atoms with Crippen LogP contribution < -0.4 is 10.1 Å². The Morgan fingerprint density at radius 3 is 2.67 bits per heavy atom. The van der Waals surface area contributed by atoms with Crippen molar-refractivity contribution in [3.05, 3.63) is 63.8 Å². The molecule has 1 N–H and O–H groups in total. The van der Waals surface area contributed by atoms with Gasteiger partial charge in [0, 0.05) is 10.3 Å². The summed E-state index contributed by atoms with van der Waals surface area (Å²) in [5, 5.41) is 8.10. The van der Waals surface area contributed by atoms with Crippen molar-refractivity contribution in [1.82, 2.24) is 5.32 Å². The molecule has 1 atom stereocenters. The average molecular weight is 297 g/mol. The van der Waals surface area contributed by atoms with Gasteiger partial charge < -0.3 is 10.1 Å². The molecular formula is C18H19NOS. The summed E-state index contributed by atoms with van der Waals surface area (Å²) in [5.41, 5.74) is 2.65. The second-order valence-electron chi connectivity index (χ2n) is 5.13. The van der Waals surface area contributed by atoms with E-state index in [1.165, 1.54) is 26.8 Å². The molecular weight excluding hydrogens is 278 g/mol. The molecule has 0 fully saturated rings. The maximum atomic E-state index is 5.33. The minimum atomic E-state index is 0.185. The number of aryl methyl sites for hydroxylation is 1. The first-order valence-corrected chi connectivity index (χ1v) is 7.90. The van der Waals surface area contributed by atoms with Crippen molar-refractivity contribution in [2.75, 3.05) is 14.2 Å². The van der Waals surface area contributed by atoms with E-state index in [2.05, 4.69) is 60.1 Å². The molecule has 3 aromatic rings. The highest BCUT2D eigenvalue weighted by atomic mass is 32.1. The lowest BCUT2D eigenvalue weighted by atomic mass is 9.93. The van der Waals surface area contributed by atoms with Crippen LogP contribution in [-0.4, -0.2) is 14.2 Å². The number of ether oxygens (including phenoxy) is 1. The number of nitrogens with one attached hydrogen (secondary N) is 1. The summed E-state index contributed by atoms with van der Waals surface area (Å²) in [6.45, 7) is 2.18. The molecule has 3 rings (SSSR count). The molecule has 1 aromatic heterocycles. The van der Waals surface area contributed by atoms with Crippen molar-refractivity contribution in [2.45, 2.75) is 13.0 Å². The zero-order valence-electron chi connectivity index (χ0n) is 12.5. The fourth-order valence-corrected chi connectivity index (χ4v) is 3.78. The van der Waals surface area contributed by atoms with Gasteiger partial charge in [-0.05, 0) is 41.9 Å². The molecule has 0 aliphatic heterocycles. The Bertz CT molecular complexity index is 763. The van der Waals surface area contributed by atoms with E-state index in [4.69, 9.17) is 4.74 Å². The fourth-order valence-electron chi connectivity index (χ4n) is 2.81. The molecule has 0 saturated carbocycles. The van der Waals surface area contributed by atoms with Gasteiger partial charge in [0.1, 0.15) is 5.75 Å². The van der Waals surface area contributed by atoms with Gasteiger partial charge >= 0.3 is 0 Å². The van der Waals surface area contributed by atoms with Crippen LogP contribution in [0.2, 0.25) is 0 Å². The van der Waals surface area contributed by atoms with E-state index in [0.717, 1.165) is 5.75 Å². The van der Waals surface area contributed by atoms with Crippen LogP contribution in [0.1, 0.15) is 22.0 Å². The van der Waals surface area contributed by atoms with Gasteiger partial charge in [0.15, 0.2) is 0 Å². The van der Waals surface area contributed by atoms with Gasteiger partial charge in [-0.3, -0.25) is 0 Å². The summed E-state index contributed by atoms with van der Waals surface area (Å²) in [6.07, 6.45) is 0. The minimum Gasteiger partial charge on any atom is -0.496 e. The highest BCUT2D eigenvalue weighted by Crippen LogP contribution is 2.35. The van der Waals surface area contributed by atoms with Crippen LogP contribution in [0.25, 0.3) is 10.8 Å². The number of hydrogen-bond donors (Lipinski definition) is 1. The van der Waals surface area contributed by atoms with E-state index < -0.39 is 0 Å². The van der Waals surface area contributed by atoms with E-state index >= 15 is 0 Å². The first kappa shape index (κ1) is 14.1. The smallest absolute Gasteiger partial charge is 0.129 e. The van der Waals surface area contributed by atoms with Crippen LogP contribution in [0.15, 0.2) is 47.8 Å². The summed E-state index contributed by atoms with van der Waals surface area (Å²) < 4.78 is 5.33. The molecule has 1 heterocycles. The number of thiophene rings is 1. The number of fused-ring (bicyclic) bond motifs is 1. The first-order chi connectivity index (χ1) is 10.2. The fraction of sp³-hybridized carbons (Fsp3) is 0.222. The van der Waals surface area contributed by atoms with E-state index in [1.54, 1.807) is 18.4 Å². The zero-order chi connectivity index (χ0) is 14.8. The van der Waals surface area contributed by atoms with Gasteiger partial charge in [0.05, 0.1) is 13.2 Å². The normalized spacial score (nSPS) is 12.5. The quantitative estimate of drug-likeness (QED) is 0.764. The zero-order valence-corrected chi connectivity index (χ0v) is 13.3. The number of hydrogen-bond acceptors (Lipinski definition) is 3. The van der Waals surface area contributed by atoms with E-state index in [1.807, 2.05) is 7.05 Å². The maximum Gasteiger partial charge on any atom is 0.129 e. The third-order valence-corrected chi connectivity index (χ3v) is 4.86. The van der Waals surface area contributed by atoms with Crippen molar-refractivity contribution in [2.24, 2.45) is 0 Å². The number of benzene rings is 2. The van der Waals surface area contributed by atoms with Crippen molar-refractivity contribution in [3.63, 3.8) is 0 Å². The number of methoxy groups -OCH3 is 1. The van der Waals surface area contributed by atoms with Gasteiger partial charge in [-0.2, -0.15) is 0 Å². The molecule has 0 aliphatic rings. The molecule has 0 spiro atoms. The van der Waals surface area contributed by atoms with E-state index in [0.29, 0.717) is 0 Å². The van der Waals surface area contributed by atoms with Crippen molar-refractivity contribution < 1.29 is 4.74 Å². The van der Waals surface area contributed by atoms with Gasteiger partial charge in [-0.1, -0.05) is 36.4 Å². The molecule has 0 radical (unpaired) electrons. The van der Waals surface area contributed by atoms with Gasteiger partial charge in [0.2, 0.25) is 0 Å². The first-order valence-electron chi connectivity index (χ1n) is 7.02. The Morgan fingerprint density at radius 1 is 1.14 bits per heavy atom. The predicted molar refractivity (Wildman–Crippen MR) is 90.5 cm³/mol. The maximum absolute atomic E-state index is 5.33. The molecule has 1 unspecified atom stereocenters. The molecule has 3 heteroatoms. The Hall–Kier alpha value is -1.84. The monoisotopic (exact) mass is 297 g/mol. The second kappa shape index (κ2) is 5.88. The lowest BCUT2D eigenvalue weighted by Crippen LogP contribution is -2.18. The lowest BCUT2D eigenvalue weighted by Gasteiger charge is -2.20. The van der Waals surface area contributed by atoms with E-state index in [9.17, 15) is 0 Å². The predicted octanol–water partition coefficient (Wildman–Crippen LogP) is 4.53. The van der Waals surface area contributed by atoms with Crippen molar-refractivity contribution in [1.29, 1.82) is 0 Å². The highest BCUT2D eigenvalue weighted by molar-refractivity contribution is 7.10. The summed E-state index contributed by atoms with van der Waals surface area (Å²) in [7, 11) is 3.72. The van der Waals surface area contributed by atoms with Crippen LogP contribution in [0.4, 0.5) is 0 Å². The van der Waals surface area contributed by atoms with Crippen LogP contribution in [-0.2, 0) is 0 Å². The summed E-state index contributed by atoms with van der Waals surface area (Å²) in [6, 6.07) is 15.3. The van der Waals surface area contributed by atoms with Gasteiger partial charge in [-0.15, -0.1) is 11.3 Å². The summed E-state index contributed by atoms with van der Waals surface area (Å²) >= 11 is 1.73. The summed E-state index contributed by atoms with van der Waals surface area (Å²) in [5.74, 6) is 0.924. The van der Waals surface area contributed by atoms with Crippen LogP contribution in [0.3, 0.4) is 0 Å². The third kappa shape index (κ3) is 2.55. The Labute approximate surface area is 129 Å². The molecule has 21 heavy (non-hydrogen) atoms. The molecule has 108 valence electrons. The second-order valence-corrected chi connectivity index (χ2v) is 6.07.